The van der Waals surface area contributed by atoms with Gasteiger partial charge < -0.3 is 14.5 Å². The van der Waals surface area contributed by atoms with Crippen molar-refractivity contribution in [2.45, 2.75) is 19.1 Å². The van der Waals surface area contributed by atoms with Crippen LogP contribution in [-0.2, 0) is 22.7 Å². The van der Waals surface area contributed by atoms with E-state index in [0.29, 0.717) is 33.8 Å². The lowest BCUT2D eigenvalue weighted by atomic mass is 10.0. The van der Waals surface area contributed by atoms with E-state index in [2.05, 4.69) is 20.6 Å². The van der Waals surface area contributed by atoms with E-state index in [1.807, 2.05) is 24.3 Å². The van der Waals surface area contributed by atoms with Crippen molar-refractivity contribution in [1.29, 1.82) is 0 Å². The van der Waals surface area contributed by atoms with Crippen molar-refractivity contribution < 1.29 is 18.7 Å². The molecule has 3 aromatic heterocycles. The first kappa shape index (κ1) is 23.7. The van der Waals surface area contributed by atoms with Crippen molar-refractivity contribution >= 4 is 28.5 Å². The summed E-state index contributed by atoms with van der Waals surface area (Å²) >= 11 is 0. The monoisotopic (exact) mass is 496 g/mol. The quantitative estimate of drug-likeness (QED) is 0.332. The highest BCUT2D eigenvalue weighted by Gasteiger charge is 2.33. The van der Waals surface area contributed by atoms with Crippen molar-refractivity contribution in [3.05, 3.63) is 103 Å². The number of hydrogen-bond donors (Lipinski definition) is 1. The Morgan fingerprint density at radius 1 is 1.08 bits per heavy atom. The number of fused-ring (bicyclic) bond motifs is 1. The maximum Gasteiger partial charge on any atom is 0.249 e. The standard InChI is InChI=1S/C27H24N6O4/c1-36-21-9-4-8-20(15-21)33(25(34)18-32-24-12-3-2-11-23(24)30-31-32)26(19-7-5-13-28-16-19)27(35)29-17-22-10-6-14-37-22/h2-16,26H,17-18H2,1H3,(H,29,35)/t26-/m0/s1. The molecule has 5 rings (SSSR count). The van der Waals surface area contributed by atoms with Crippen molar-refractivity contribution in [3.8, 4) is 5.75 Å². The van der Waals surface area contributed by atoms with Gasteiger partial charge in [-0.15, -0.1) is 5.10 Å². The van der Waals surface area contributed by atoms with E-state index in [1.54, 1.807) is 68.0 Å². The molecular formula is C27H24N6O4. The number of nitrogens with one attached hydrogen (secondary N) is 1. The molecule has 1 N–H and O–H groups in total. The maximum atomic E-state index is 14.0. The number of benzene rings is 2. The van der Waals surface area contributed by atoms with E-state index < -0.39 is 11.9 Å². The second kappa shape index (κ2) is 10.7. The van der Waals surface area contributed by atoms with Crippen LogP contribution in [0.2, 0.25) is 0 Å². The van der Waals surface area contributed by atoms with Gasteiger partial charge in [0.25, 0.3) is 0 Å². The van der Waals surface area contributed by atoms with E-state index >= 15 is 0 Å². The average molecular weight is 497 g/mol. The number of aromatic nitrogens is 4. The Kier molecular flexibility index (Phi) is 6.89. The Labute approximate surface area is 212 Å². The fourth-order valence-electron chi connectivity index (χ4n) is 4.08. The van der Waals surface area contributed by atoms with E-state index in [1.165, 1.54) is 15.8 Å². The zero-order chi connectivity index (χ0) is 25.6. The van der Waals surface area contributed by atoms with Gasteiger partial charge in [-0.3, -0.25) is 19.5 Å². The van der Waals surface area contributed by atoms with Crippen LogP contribution in [0.3, 0.4) is 0 Å². The highest BCUT2D eigenvalue weighted by Crippen LogP contribution is 2.31. The van der Waals surface area contributed by atoms with Gasteiger partial charge in [-0.1, -0.05) is 29.5 Å². The topological polar surface area (TPSA) is 115 Å². The average Bonchev–Trinajstić information content (AvgIpc) is 3.61. The molecule has 186 valence electrons. The molecular weight excluding hydrogens is 472 g/mol. The van der Waals surface area contributed by atoms with Crippen LogP contribution in [0.5, 0.6) is 5.75 Å². The normalized spacial score (nSPS) is 11.7. The Bertz CT molecular complexity index is 1500. The maximum absolute atomic E-state index is 14.0. The van der Waals surface area contributed by atoms with E-state index in [0.717, 1.165) is 0 Å². The molecule has 0 radical (unpaired) electrons. The molecule has 0 aliphatic heterocycles. The predicted molar refractivity (Wildman–Crippen MR) is 136 cm³/mol. The molecule has 0 saturated carbocycles. The molecule has 0 fully saturated rings. The predicted octanol–water partition coefficient (Wildman–Crippen LogP) is 3.52. The summed E-state index contributed by atoms with van der Waals surface area (Å²) in [5, 5.41) is 11.2. The lowest BCUT2D eigenvalue weighted by molar-refractivity contribution is -0.127. The van der Waals surface area contributed by atoms with Crippen LogP contribution in [0.1, 0.15) is 17.4 Å². The molecule has 5 aromatic rings. The Morgan fingerprint density at radius 3 is 2.76 bits per heavy atom. The van der Waals surface area contributed by atoms with Crippen LogP contribution in [0.15, 0.2) is 95.9 Å². The molecule has 2 amide bonds. The van der Waals surface area contributed by atoms with E-state index in [9.17, 15) is 9.59 Å². The molecule has 0 unspecified atom stereocenters. The fraction of sp³-hybridized carbons (Fsp3) is 0.148. The van der Waals surface area contributed by atoms with Crippen LogP contribution < -0.4 is 15.0 Å². The van der Waals surface area contributed by atoms with Crippen molar-refractivity contribution in [3.63, 3.8) is 0 Å². The number of nitrogens with zero attached hydrogens (tertiary/aromatic N) is 5. The molecule has 0 spiro atoms. The largest absolute Gasteiger partial charge is 0.497 e. The first-order valence-corrected chi connectivity index (χ1v) is 11.6. The zero-order valence-electron chi connectivity index (χ0n) is 20.0. The minimum atomic E-state index is -1.03. The number of carbonyl (C=O) groups is 2. The molecule has 0 aliphatic rings. The lowest BCUT2D eigenvalue weighted by Crippen LogP contribution is -2.45. The summed E-state index contributed by atoms with van der Waals surface area (Å²) in [6.45, 7) is 0.0242. The third-order valence-electron chi connectivity index (χ3n) is 5.83. The Morgan fingerprint density at radius 2 is 1.97 bits per heavy atom. The lowest BCUT2D eigenvalue weighted by Gasteiger charge is -2.31. The third kappa shape index (κ3) is 5.18. The number of amides is 2. The molecule has 10 heteroatoms. The number of methoxy groups -OCH3 is 1. The molecule has 1 atom stereocenters. The number of anilines is 1. The van der Waals surface area contributed by atoms with E-state index in [4.69, 9.17) is 9.15 Å². The third-order valence-corrected chi connectivity index (χ3v) is 5.83. The first-order chi connectivity index (χ1) is 18.1. The van der Waals surface area contributed by atoms with Gasteiger partial charge >= 0.3 is 0 Å². The summed E-state index contributed by atoms with van der Waals surface area (Å²) in [5.74, 6) is 0.365. The SMILES string of the molecule is COc1cccc(N(C(=O)Cn2nnc3ccccc32)[C@H](C(=O)NCc2ccco2)c2cccnc2)c1. The smallest absolute Gasteiger partial charge is 0.249 e. The minimum absolute atomic E-state index is 0.139. The number of para-hydroxylation sites is 1. The Hall–Kier alpha value is -4.99. The molecule has 3 heterocycles. The van der Waals surface area contributed by atoms with Crippen molar-refractivity contribution in [1.82, 2.24) is 25.3 Å². The Balaban J connectivity index is 1.55. The molecule has 0 bridgehead atoms. The number of rotatable bonds is 9. The number of carbonyl (C=O) groups excluding carboxylic acids is 2. The number of furan rings is 1. The molecule has 2 aromatic carbocycles. The van der Waals surface area contributed by atoms with Crippen LogP contribution in [0.25, 0.3) is 11.0 Å². The first-order valence-electron chi connectivity index (χ1n) is 11.6. The van der Waals surface area contributed by atoms with Gasteiger partial charge in [0.05, 0.1) is 25.4 Å². The summed E-state index contributed by atoms with van der Waals surface area (Å²) in [6.07, 6.45) is 4.72. The highest BCUT2D eigenvalue weighted by molar-refractivity contribution is 6.01. The van der Waals surface area contributed by atoms with Gasteiger partial charge in [-0.25, -0.2) is 4.68 Å². The van der Waals surface area contributed by atoms with Crippen LogP contribution in [0.4, 0.5) is 5.69 Å². The van der Waals surface area contributed by atoms with Crippen LogP contribution in [-0.4, -0.2) is 38.9 Å². The summed E-state index contributed by atoms with van der Waals surface area (Å²) in [5.41, 5.74) is 2.40. The zero-order valence-corrected chi connectivity index (χ0v) is 20.0. The number of pyridine rings is 1. The van der Waals surface area contributed by atoms with Crippen molar-refractivity contribution in [2.24, 2.45) is 0 Å². The van der Waals surface area contributed by atoms with Gasteiger partial charge in [0.15, 0.2) is 0 Å². The van der Waals surface area contributed by atoms with E-state index in [-0.39, 0.29) is 19.0 Å². The second-order valence-electron chi connectivity index (χ2n) is 8.19. The minimum Gasteiger partial charge on any atom is -0.497 e. The summed E-state index contributed by atoms with van der Waals surface area (Å²) in [6, 6.07) is 20.3. The van der Waals surface area contributed by atoms with Gasteiger partial charge in [-0.2, -0.15) is 0 Å². The summed E-state index contributed by atoms with van der Waals surface area (Å²) < 4.78 is 12.3. The molecule has 37 heavy (non-hydrogen) atoms. The summed E-state index contributed by atoms with van der Waals surface area (Å²) in [4.78, 5) is 33.3. The van der Waals surface area contributed by atoms with Gasteiger partial charge in [0.1, 0.15) is 29.6 Å². The van der Waals surface area contributed by atoms with Crippen molar-refractivity contribution in [2.75, 3.05) is 12.0 Å². The fourth-order valence-corrected chi connectivity index (χ4v) is 4.08. The van der Waals surface area contributed by atoms with Gasteiger partial charge in [0, 0.05) is 29.7 Å². The number of hydrogen-bond acceptors (Lipinski definition) is 7. The van der Waals surface area contributed by atoms with Crippen LogP contribution in [0, 0.1) is 0 Å². The molecule has 0 saturated heterocycles. The highest BCUT2D eigenvalue weighted by atomic mass is 16.5. The summed E-state index contributed by atoms with van der Waals surface area (Å²) in [7, 11) is 1.54. The second-order valence-corrected chi connectivity index (χ2v) is 8.19. The van der Waals surface area contributed by atoms with Gasteiger partial charge in [0.2, 0.25) is 11.8 Å². The number of ether oxygens (including phenoxy) is 1. The molecule has 10 nitrogen and oxygen atoms in total. The van der Waals surface area contributed by atoms with Crippen LogP contribution >= 0.6 is 0 Å². The van der Waals surface area contributed by atoms with Gasteiger partial charge in [-0.05, 0) is 42.5 Å². The molecule has 0 aliphatic carbocycles.